The van der Waals surface area contributed by atoms with Gasteiger partial charge in [-0.05, 0) is 43.2 Å². The fraction of sp³-hybridized carbons (Fsp3) is 0.200. The smallest absolute Gasteiger partial charge is 0.253 e. The summed E-state index contributed by atoms with van der Waals surface area (Å²) in [6, 6.07) is 14.8. The zero-order valence-corrected chi connectivity index (χ0v) is 16.2. The molecule has 3 rings (SSSR count). The first-order valence-electron chi connectivity index (χ1n) is 8.50. The van der Waals surface area contributed by atoms with Gasteiger partial charge in [-0.15, -0.1) is 10.8 Å². The highest BCUT2D eigenvalue weighted by atomic mass is 32.3. The number of fused-ring (bicyclic) bond motifs is 1. The maximum atomic E-state index is 12.6. The number of carbonyl (C=O) groups excluding carboxylic acids is 1. The van der Waals surface area contributed by atoms with Crippen LogP contribution in [0.4, 0.5) is 5.69 Å². The molecule has 2 aromatic carbocycles. The van der Waals surface area contributed by atoms with E-state index in [4.69, 9.17) is 0 Å². The second kappa shape index (κ2) is 7.56. The number of hydrogen-bond donors (Lipinski definition) is 4. The molecule has 1 amide bonds. The van der Waals surface area contributed by atoms with E-state index in [9.17, 15) is 13.9 Å². The lowest BCUT2D eigenvalue weighted by Gasteiger charge is -2.29. The molecule has 3 aromatic rings. The van der Waals surface area contributed by atoms with Crippen molar-refractivity contribution < 1.29 is 13.9 Å². The zero-order chi connectivity index (χ0) is 19.6. The van der Waals surface area contributed by atoms with Gasteiger partial charge in [-0.3, -0.25) is 23.6 Å². The van der Waals surface area contributed by atoms with Crippen molar-refractivity contribution in [2.75, 3.05) is 11.0 Å². The van der Waals surface area contributed by atoms with Crippen LogP contribution < -0.4 is 10.0 Å². The number of benzene rings is 2. The molecular weight excluding hydrogens is 362 g/mol. The van der Waals surface area contributed by atoms with Crippen molar-refractivity contribution in [1.82, 2.24) is 10.3 Å². The van der Waals surface area contributed by atoms with Crippen LogP contribution >= 0.6 is 10.8 Å². The van der Waals surface area contributed by atoms with Gasteiger partial charge in [0.1, 0.15) is 0 Å². The summed E-state index contributed by atoms with van der Waals surface area (Å²) in [5.74, 6) is -0.191. The lowest BCUT2D eigenvalue weighted by atomic mass is 10.0. The van der Waals surface area contributed by atoms with E-state index in [0.717, 1.165) is 22.0 Å². The van der Waals surface area contributed by atoms with E-state index in [2.05, 4.69) is 15.0 Å². The van der Waals surface area contributed by atoms with E-state index in [1.54, 1.807) is 12.3 Å². The van der Waals surface area contributed by atoms with Crippen LogP contribution in [0.1, 0.15) is 34.5 Å². The molecule has 0 fully saturated rings. The monoisotopic (exact) mass is 385 g/mol. The number of rotatable bonds is 5. The number of anilines is 1. The summed E-state index contributed by atoms with van der Waals surface area (Å²) >= 11 is 0. The van der Waals surface area contributed by atoms with E-state index in [0.29, 0.717) is 11.3 Å². The van der Waals surface area contributed by atoms with Gasteiger partial charge >= 0.3 is 0 Å². The molecule has 0 saturated carbocycles. The maximum Gasteiger partial charge on any atom is 0.253 e. The minimum atomic E-state index is -2.83. The third kappa shape index (κ3) is 4.77. The zero-order valence-electron chi connectivity index (χ0n) is 15.4. The number of nitrogens with one attached hydrogen (secondary N) is 2. The van der Waals surface area contributed by atoms with Gasteiger partial charge in [-0.2, -0.15) is 0 Å². The van der Waals surface area contributed by atoms with E-state index >= 15 is 0 Å². The number of carbonyl (C=O) groups is 1. The predicted octanol–water partition coefficient (Wildman–Crippen LogP) is 4.74. The molecule has 0 saturated heterocycles. The minimum Gasteiger partial charge on any atom is -0.345 e. The number of nitrogens with zero attached hydrogens (tertiary/aromatic N) is 1. The summed E-state index contributed by atoms with van der Waals surface area (Å²) in [7, 11) is -2.83. The number of amides is 1. The molecule has 142 valence electrons. The lowest BCUT2D eigenvalue weighted by molar-refractivity contribution is 0.0939. The minimum absolute atomic E-state index is 0.191. The van der Waals surface area contributed by atoms with Crippen LogP contribution in [0.5, 0.6) is 0 Å². The molecule has 1 aromatic heterocycles. The van der Waals surface area contributed by atoms with Crippen molar-refractivity contribution in [2.45, 2.75) is 19.9 Å². The molecule has 1 heterocycles. The highest BCUT2D eigenvalue weighted by molar-refractivity contribution is 8.24. The molecule has 0 radical (unpaired) electrons. The number of para-hydroxylation sites is 1. The van der Waals surface area contributed by atoms with Gasteiger partial charge in [0.05, 0.1) is 22.8 Å². The predicted molar refractivity (Wildman–Crippen MR) is 111 cm³/mol. The third-order valence-electron chi connectivity index (χ3n) is 4.25. The Balaban J connectivity index is 1.74. The quantitative estimate of drug-likeness (QED) is 0.509. The Morgan fingerprint density at radius 1 is 1.15 bits per heavy atom. The Hall–Kier alpha value is -2.61. The largest absolute Gasteiger partial charge is 0.345 e. The highest BCUT2D eigenvalue weighted by Crippen LogP contribution is 2.36. The Bertz CT molecular complexity index is 986. The standard InChI is InChI=1S/C20H23N3O3S/c1-13-10-15(8-9-18(13)23-27(3,25)26)14(2)22-20(24)17-11-16-6-4-5-7-19(16)21-12-17/h4-12,14,23,25-26H,1-3H3,(H,22,24)/t14-/m1/s1. The Morgan fingerprint density at radius 3 is 2.59 bits per heavy atom. The fourth-order valence-corrected chi connectivity index (χ4v) is 3.48. The topological polar surface area (TPSA) is 94.5 Å². The van der Waals surface area contributed by atoms with Crippen LogP contribution in [-0.2, 0) is 0 Å². The van der Waals surface area contributed by atoms with Crippen molar-refractivity contribution in [2.24, 2.45) is 0 Å². The SMILES string of the molecule is Cc1cc([C@@H](C)NC(=O)c2cnc3ccccc3c2)ccc1NS(C)(O)O. The first-order valence-corrected chi connectivity index (χ1v) is 10.5. The summed E-state index contributed by atoms with van der Waals surface area (Å²) in [5.41, 5.74) is 3.80. The van der Waals surface area contributed by atoms with Gasteiger partial charge in [-0.25, -0.2) is 0 Å². The molecule has 6 nitrogen and oxygen atoms in total. The number of hydrogen-bond acceptors (Lipinski definition) is 5. The summed E-state index contributed by atoms with van der Waals surface area (Å²) in [5, 5.41) is 3.90. The molecule has 0 bridgehead atoms. The number of pyridine rings is 1. The van der Waals surface area contributed by atoms with Crippen LogP contribution in [0.15, 0.2) is 54.7 Å². The van der Waals surface area contributed by atoms with Gasteiger partial charge < -0.3 is 5.32 Å². The van der Waals surface area contributed by atoms with Crippen LogP contribution in [0, 0.1) is 6.92 Å². The van der Waals surface area contributed by atoms with Crippen LogP contribution in [-0.4, -0.2) is 26.3 Å². The summed E-state index contributed by atoms with van der Waals surface area (Å²) < 4.78 is 21.8. The van der Waals surface area contributed by atoms with Crippen molar-refractivity contribution >= 4 is 33.3 Å². The molecule has 0 aliphatic heterocycles. The van der Waals surface area contributed by atoms with Gasteiger partial charge in [0.15, 0.2) is 0 Å². The first kappa shape index (κ1) is 19.2. The van der Waals surface area contributed by atoms with E-state index in [-0.39, 0.29) is 11.9 Å². The number of aryl methyl sites for hydroxylation is 1. The molecule has 1 atom stereocenters. The molecule has 0 aliphatic carbocycles. The number of aromatic nitrogens is 1. The normalized spacial score (nSPS) is 13.2. The first-order chi connectivity index (χ1) is 12.7. The molecule has 27 heavy (non-hydrogen) atoms. The third-order valence-corrected chi connectivity index (χ3v) is 4.86. The summed E-state index contributed by atoms with van der Waals surface area (Å²) in [6.45, 7) is 3.78. The Morgan fingerprint density at radius 2 is 1.89 bits per heavy atom. The molecule has 4 N–H and O–H groups in total. The second-order valence-corrected chi connectivity index (χ2v) is 8.49. The van der Waals surface area contributed by atoms with E-state index in [1.807, 2.05) is 56.3 Å². The molecule has 0 aliphatic rings. The summed E-state index contributed by atoms with van der Waals surface area (Å²) in [6.07, 6.45) is 2.91. The molecule has 0 spiro atoms. The maximum absolute atomic E-state index is 12.6. The lowest BCUT2D eigenvalue weighted by Crippen LogP contribution is -2.26. The van der Waals surface area contributed by atoms with E-state index < -0.39 is 10.8 Å². The average Bonchev–Trinajstić information content (AvgIpc) is 2.61. The van der Waals surface area contributed by atoms with Crippen molar-refractivity contribution in [3.8, 4) is 0 Å². The van der Waals surface area contributed by atoms with Crippen molar-refractivity contribution in [1.29, 1.82) is 0 Å². The van der Waals surface area contributed by atoms with E-state index in [1.165, 1.54) is 6.26 Å². The van der Waals surface area contributed by atoms with Crippen molar-refractivity contribution in [3.63, 3.8) is 0 Å². The van der Waals surface area contributed by atoms with Crippen LogP contribution in [0.25, 0.3) is 10.9 Å². The Labute approximate surface area is 160 Å². The Kier molecular flexibility index (Phi) is 5.36. The molecule has 7 heteroatoms. The second-order valence-electron chi connectivity index (χ2n) is 6.62. The van der Waals surface area contributed by atoms with Gasteiger partial charge in [0.25, 0.3) is 5.91 Å². The molecule has 0 unspecified atom stereocenters. The van der Waals surface area contributed by atoms with Crippen LogP contribution in [0.2, 0.25) is 0 Å². The summed E-state index contributed by atoms with van der Waals surface area (Å²) in [4.78, 5) is 16.9. The fourth-order valence-electron chi connectivity index (χ4n) is 2.84. The van der Waals surface area contributed by atoms with Gasteiger partial charge in [-0.1, -0.05) is 30.3 Å². The van der Waals surface area contributed by atoms with Gasteiger partial charge in [0, 0.05) is 17.8 Å². The average molecular weight is 385 g/mol. The van der Waals surface area contributed by atoms with Crippen molar-refractivity contribution in [3.05, 3.63) is 71.4 Å². The highest BCUT2D eigenvalue weighted by Gasteiger charge is 2.14. The molecular formula is C20H23N3O3S. The van der Waals surface area contributed by atoms with Gasteiger partial charge in [0.2, 0.25) is 0 Å². The van der Waals surface area contributed by atoms with Crippen LogP contribution in [0.3, 0.4) is 0 Å².